The lowest BCUT2D eigenvalue weighted by Gasteiger charge is -2.34. The molecule has 0 aliphatic carbocycles. The van der Waals surface area contributed by atoms with E-state index in [9.17, 15) is 8.42 Å². The molecule has 1 fully saturated rings. The summed E-state index contributed by atoms with van der Waals surface area (Å²) in [5.74, 6) is 0.824. The third-order valence-corrected chi connectivity index (χ3v) is 3.47. The van der Waals surface area contributed by atoms with E-state index in [2.05, 4.69) is 11.8 Å². The fraction of sp³-hybridized carbons (Fsp3) is 1.00. The fourth-order valence-corrected chi connectivity index (χ4v) is 2.58. The summed E-state index contributed by atoms with van der Waals surface area (Å²) in [6.45, 7) is 4.59. The molecule has 1 saturated heterocycles. The lowest BCUT2D eigenvalue weighted by atomic mass is 9.97. The zero-order valence-electron chi connectivity index (χ0n) is 8.94. The van der Waals surface area contributed by atoms with Gasteiger partial charge in [-0.2, -0.15) is 0 Å². The first-order valence-corrected chi connectivity index (χ1v) is 7.08. The summed E-state index contributed by atoms with van der Waals surface area (Å²) >= 11 is 0. The second-order valence-corrected chi connectivity index (χ2v) is 6.75. The monoisotopic (exact) mass is 220 g/mol. The molecule has 0 amide bonds. The normalized spacial score (nSPS) is 30.5. The van der Waals surface area contributed by atoms with Gasteiger partial charge in [-0.15, -0.1) is 0 Å². The second kappa shape index (κ2) is 4.59. The number of hydrogen-bond acceptors (Lipinski definition) is 4. The fourth-order valence-electron chi connectivity index (χ4n) is 1.99. The SMILES string of the molecule is CC1CC(N)CN(CCS(C)(=O)=O)C1. The van der Waals surface area contributed by atoms with E-state index in [1.165, 1.54) is 6.26 Å². The van der Waals surface area contributed by atoms with Crippen molar-refractivity contribution in [2.75, 3.05) is 31.6 Å². The van der Waals surface area contributed by atoms with Gasteiger partial charge in [0.25, 0.3) is 0 Å². The highest BCUT2D eigenvalue weighted by atomic mass is 32.2. The first-order chi connectivity index (χ1) is 6.37. The lowest BCUT2D eigenvalue weighted by Crippen LogP contribution is -2.47. The number of rotatable bonds is 3. The maximum Gasteiger partial charge on any atom is 0.148 e. The minimum Gasteiger partial charge on any atom is -0.327 e. The number of nitrogens with two attached hydrogens (primary N) is 1. The molecule has 0 radical (unpaired) electrons. The van der Waals surface area contributed by atoms with Crippen LogP contribution in [-0.2, 0) is 9.84 Å². The molecule has 2 N–H and O–H groups in total. The highest BCUT2D eigenvalue weighted by Crippen LogP contribution is 2.14. The molecule has 0 aromatic rings. The van der Waals surface area contributed by atoms with Crippen molar-refractivity contribution < 1.29 is 8.42 Å². The van der Waals surface area contributed by atoms with Crippen molar-refractivity contribution in [1.82, 2.24) is 4.90 Å². The van der Waals surface area contributed by atoms with Gasteiger partial charge in [0.2, 0.25) is 0 Å². The van der Waals surface area contributed by atoms with Crippen molar-refractivity contribution >= 4 is 9.84 Å². The molecule has 4 nitrogen and oxygen atoms in total. The summed E-state index contributed by atoms with van der Waals surface area (Å²) in [6.07, 6.45) is 2.33. The van der Waals surface area contributed by atoms with E-state index in [-0.39, 0.29) is 11.8 Å². The highest BCUT2D eigenvalue weighted by molar-refractivity contribution is 7.90. The van der Waals surface area contributed by atoms with Gasteiger partial charge in [0, 0.05) is 31.9 Å². The summed E-state index contributed by atoms with van der Waals surface area (Å²) in [5, 5.41) is 0. The van der Waals surface area contributed by atoms with Gasteiger partial charge in [-0.25, -0.2) is 8.42 Å². The maximum absolute atomic E-state index is 11.0. The van der Waals surface area contributed by atoms with Crippen molar-refractivity contribution in [2.24, 2.45) is 11.7 Å². The van der Waals surface area contributed by atoms with E-state index in [1.807, 2.05) is 0 Å². The molecule has 1 aliphatic rings. The third kappa shape index (κ3) is 4.39. The number of sulfone groups is 1. The molecular weight excluding hydrogens is 200 g/mol. The molecule has 14 heavy (non-hydrogen) atoms. The largest absolute Gasteiger partial charge is 0.327 e. The van der Waals surface area contributed by atoms with E-state index in [4.69, 9.17) is 5.73 Å². The summed E-state index contributed by atoms with van der Waals surface area (Å²) in [4.78, 5) is 2.15. The predicted molar refractivity (Wildman–Crippen MR) is 57.9 cm³/mol. The summed E-state index contributed by atoms with van der Waals surface area (Å²) in [7, 11) is -2.84. The Morgan fingerprint density at radius 3 is 2.57 bits per heavy atom. The molecule has 0 saturated carbocycles. The van der Waals surface area contributed by atoms with Crippen LogP contribution < -0.4 is 5.73 Å². The Bertz CT molecular complexity index is 267. The van der Waals surface area contributed by atoms with Crippen molar-refractivity contribution in [1.29, 1.82) is 0 Å². The van der Waals surface area contributed by atoms with Crippen molar-refractivity contribution in [2.45, 2.75) is 19.4 Å². The molecule has 2 unspecified atom stereocenters. The lowest BCUT2D eigenvalue weighted by molar-refractivity contribution is 0.174. The predicted octanol–water partition coefficient (Wildman–Crippen LogP) is -0.300. The molecule has 5 heteroatoms. The summed E-state index contributed by atoms with van der Waals surface area (Å²) < 4.78 is 22.0. The minimum absolute atomic E-state index is 0.207. The Balaban J connectivity index is 2.38. The smallest absolute Gasteiger partial charge is 0.148 e. The van der Waals surface area contributed by atoms with Gasteiger partial charge >= 0.3 is 0 Å². The van der Waals surface area contributed by atoms with Crippen LogP contribution in [0.15, 0.2) is 0 Å². The number of piperidine rings is 1. The first-order valence-electron chi connectivity index (χ1n) is 5.02. The van der Waals surface area contributed by atoms with Crippen LogP contribution in [0.3, 0.4) is 0 Å². The van der Waals surface area contributed by atoms with Crippen LogP contribution in [0, 0.1) is 5.92 Å². The Morgan fingerprint density at radius 2 is 2.07 bits per heavy atom. The van der Waals surface area contributed by atoms with Crippen molar-refractivity contribution in [3.63, 3.8) is 0 Å². The molecule has 1 heterocycles. The van der Waals surface area contributed by atoms with Crippen LogP contribution in [0.4, 0.5) is 0 Å². The van der Waals surface area contributed by atoms with Crippen LogP contribution in [0.2, 0.25) is 0 Å². The zero-order chi connectivity index (χ0) is 10.8. The Hall–Kier alpha value is -0.130. The third-order valence-electron chi connectivity index (χ3n) is 2.55. The van der Waals surface area contributed by atoms with Gasteiger partial charge in [0.05, 0.1) is 5.75 Å². The van der Waals surface area contributed by atoms with Gasteiger partial charge in [-0.3, -0.25) is 0 Å². The van der Waals surface area contributed by atoms with E-state index in [1.54, 1.807) is 0 Å². The standard InChI is InChI=1S/C9H20N2O2S/c1-8-5-9(10)7-11(6-8)3-4-14(2,12)13/h8-9H,3-7,10H2,1-2H3. The average Bonchev–Trinajstić information content (AvgIpc) is 1.97. The molecule has 84 valence electrons. The summed E-state index contributed by atoms with van der Waals surface area (Å²) in [5.41, 5.74) is 5.86. The Kier molecular flexibility index (Phi) is 3.92. The van der Waals surface area contributed by atoms with Crippen molar-refractivity contribution in [3.05, 3.63) is 0 Å². The first kappa shape index (κ1) is 11.9. The van der Waals surface area contributed by atoms with Crippen LogP contribution in [0.5, 0.6) is 0 Å². The highest BCUT2D eigenvalue weighted by Gasteiger charge is 2.22. The van der Waals surface area contributed by atoms with Gasteiger partial charge in [-0.1, -0.05) is 6.92 Å². The Labute approximate surface area is 86.4 Å². The molecular formula is C9H20N2O2S. The maximum atomic E-state index is 11.0. The number of nitrogens with zero attached hydrogens (tertiary/aromatic N) is 1. The average molecular weight is 220 g/mol. The molecule has 0 spiro atoms. The van der Waals surface area contributed by atoms with E-state index >= 15 is 0 Å². The van der Waals surface area contributed by atoms with Crippen LogP contribution in [0.1, 0.15) is 13.3 Å². The topological polar surface area (TPSA) is 63.4 Å². The molecule has 2 atom stereocenters. The van der Waals surface area contributed by atoms with Gasteiger partial charge in [0.15, 0.2) is 0 Å². The minimum atomic E-state index is -2.84. The number of hydrogen-bond donors (Lipinski definition) is 1. The Morgan fingerprint density at radius 1 is 1.43 bits per heavy atom. The quantitative estimate of drug-likeness (QED) is 0.709. The van der Waals surface area contributed by atoms with Gasteiger partial charge in [-0.05, 0) is 12.3 Å². The van der Waals surface area contributed by atoms with Gasteiger partial charge < -0.3 is 10.6 Å². The van der Waals surface area contributed by atoms with E-state index < -0.39 is 9.84 Å². The molecule has 1 rings (SSSR count). The van der Waals surface area contributed by atoms with E-state index in [0.717, 1.165) is 19.5 Å². The van der Waals surface area contributed by atoms with Crippen LogP contribution in [-0.4, -0.2) is 51.0 Å². The molecule has 0 aromatic carbocycles. The van der Waals surface area contributed by atoms with E-state index in [0.29, 0.717) is 12.5 Å². The van der Waals surface area contributed by atoms with Crippen molar-refractivity contribution in [3.8, 4) is 0 Å². The van der Waals surface area contributed by atoms with Crippen LogP contribution in [0.25, 0.3) is 0 Å². The van der Waals surface area contributed by atoms with Crippen LogP contribution >= 0.6 is 0 Å². The number of likely N-dealkylation sites (tertiary alicyclic amines) is 1. The molecule has 0 bridgehead atoms. The molecule has 0 aromatic heterocycles. The molecule has 1 aliphatic heterocycles. The zero-order valence-corrected chi connectivity index (χ0v) is 9.76. The summed E-state index contributed by atoms with van der Waals surface area (Å²) in [6, 6.07) is 0.207. The van der Waals surface area contributed by atoms with Gasteiger partial charge in [0.1, 0.15) is 9.84 Å². The second-order valence-electron chi connectivity index (χ2n) is 4.49.